The first-order valence-corrected chi connectivity index (χ1v) is 7.43. The molecule has 0 aromatic heterocycles. The topological polar surface area (TPSA) is 84.2 Å². The molecule has 130 valence electrons. The number of carbonyl (C=O) groups excluding carboxylic acids is 2. The largest absolute Gasteiger partial charge is 0.352 e. The van der Waals surface area contributed by atoms with Crippen LogP contribution in [-0.4, -0.2) is 23.9 Å². The van der Waals surface area contributed by atoms with E-state index in [9.17, 15) is 9.59 Å². The van der Waals surface area contributed by atoms with Crippen molar-refractivity contribution < 1.29 is 9.59 Å². The molecule has 0 atom stereocenters. The lowest BCUT2D eigenvalue weighted by Gasteiger charge is -2.19. The minimum Gasteiger partial charge on any atom is -0.352 e. The highest BCUT2D eigenvalue weighted by Gasteiger charge is 2.20. The molecule has 0 fully saturated rings. The van der Waals surface area contributed by atoms with Crippen LogP contribution in [0.3, 0.4) is 0 Å². The second kappa shape index (κ2) is 8.31. The number of carbonyl (C=O) groups is 2. The lowest BCUT2D eigenvalue weighted by molar-refractivity contribution is -0.128. The van der Waals surface area contributed by atoms with Crippen molar-refractivity contribution >= 4 is 24.2 Å². The van der Waals surface area contributed by atoms with E-state index in [1.54, 1.807) is 12.1 Å². The van der Waals surface area contributed by atoms with Crippen molar-refractivity contribution in [2.75, 3.05) is 6.54 Å². The lowest BCUT2D eigenvalue weighted by atomic mass is 9.95. The van der Waals surface area contributed by atoms with E-state index >= 15 is 0 Å². The molecule has 2 amide bonds. The van der Waals surface area contributed by atoms with Gasteiger partial charge in [0, 0.05) is 29.6 Å². The molecule has 0 spiro atoms. The number of rotatable bonds is 5. The van der Waals surface area contributed by atoms with Crippen molar-refractivity contribution in [3.05, 3.63) is 35.4 Å². The van der Waals surface area contributed by atoms with Gasteiger partial charge in [-0.25, -0.2) is 0 Å². The molecule has 0 heterocycles. The molecule has 0 saturated heterocycles. The molecule has 0 radical (unpaired) electrons. The highest BCUT2D eigenvalue weighted by molar-refractivity contribution is 5.94. The van der Waals surface area contributed by atoms with Gasteiger partial charge in [-0.3, -0.25) is 9.59 Å². The van der Waals surface area contributed by atoms with Crippen LogP contribution in [0.15, 0.2) is 24.3 Å². The Morgan fingerprint density at radius 2 is 1.52 bits per heavy atom. The zero-order valence-corrected chi connectivity index (χ0v) is 15.3. The lowest BCUT2D eigenvalue weighted by Crippen LogP contribution is -2.45. The predicted octanol–water partition coefficient (Wildman–Crippen LogP) is 2.24. The van der Waals surface area contributed by atoms with Crippen LogP contribution in [0.25, 0.3) is 0 Å². The summed E-state index contributed by atoms with van der Waals surface area (Å²) in [6, 6.07) is 7.17. The van der Waals surface area contributed by atoms with Gasteiger partial charge in [0.2, 0.25) is 5.91 Å². The van der Waals surface area contributed by atoms with Crippen LogP contribution in [0.4, 0.5) is 0 Å². The van der Waals surface area contributed by atoms with E-state index in [4.69, 9.17) is 5.73 Å². The summed E-state index contributed by atoms with van der Waals surface area (Å²) in [5.41, 5.74) is 6.52. The van der Waals surface area contributed by atoms with Crippen LogP contribution in [0.1, 0.15) is 50.5 Å². The molecule has 1 aromatic rings. The van der Waals surface area contributed by atoms with Crippen molar-refractivity contribution in [2.24, 2.45) is 11.1 Å². The standard InChI is InChI=1S/C17H27N3O2.ClH/c1-16(2,3)15(22)19-10-12-6-8-13(9-7-12)14(21)20-11-17(4,5)18;/h6-9H,10-11,18H2,1-5H3,(H,19,22)(H,20,21);1H. The molecule has 0 saturated carbocycles. The first-order chi connectivity index (χ1) is 9.99. The minimum atomic E-state index is -0.438. The summed E-state index contributed by atoms with van der Waals surface area (Å²) in [5.74, 6) is -0.150. The quantitative estimate of drug-likeness (QED) is 0.767. The van der Waals surface area contributed by atoms with Crippen LogP contribution in [0.2, 0.25) is 0 Å². The van der Waals surface area contributed by atoms with E-state index in [2.05, 4.69) is 10.6 Å². The Hall–Kier alpha value is -1.59. The molecule has 6 heteroatoms. The van der Waals surface area contributed by atoms with Gasteiger partial charge >= 0.3 is 0 Å². The number of hydrogen-bond acceptors (Lipinski definition) is 3. The molecule has 0 aliphatic carbocycles. The van der Waals surface area contributed by atoms with Gasteiger partial charge in [0.1, 0.15) is 0 Å². The summed E-state index contributed by atoms with van der Waals surface area (Å²) in [5, 5.41) is 5.67. The number of halogens is 1. The van der Waals surface area contributed by atoms with Crippen molar-refractivity contribution in [1.82, 2.24) is 10.6 Å². The summed E-state index contributed by atoms with van der Waals surface area (Å²) in [6.45, 7) is 10.2. The first kappa shape index (κ1) is 21.4. The molecule has 5 nitrogen and oxygen atoms in total. The highest BCUT2D eigenvalue weighted by atomic mass is 35.5. The Labute approximate surface area is 144 Å². The van der Waals surface area contributed by atoms with Crippen LogP contribution in [0, 0.1) is 5.41 Å². The minimum absolute atomic E-state index is 0. The van der Waals surface area contributed by atoms with E-state index in [0.717, 1.165) is 5.56 Å². The zero-order valence-electron chi connectivity index (χ0n) is 14.5. The molecule has 4 N–H and O–H groups in total. The number of benzene rings is 1. The Bertz CT molecular complexity index is 528. The summed E-state index contributed by atoms with van der Waals surface area (Å²) in [4.78, 5) is 23.8. The van der Waals surface area contributed by atoms with Gasteiger partial charge in [0.25, 0.3) is 5.91 Å². The van der Waals surface area contributed by atoms with Crippen molar-refractivity contribution in [3.63, 3.8) is 0 Å². The van der Waals surface area contributed by atoms with Gasteiger partial charge in [-0.1, -0.05) is 32.9 Å². The maximum atomic E-state index is 12.0. The molecular weight excluding hydrogens is 314 g/mol. The third-order valence-electron chi connectivity index (χ3n) is 3.05. The van der Waals surface area contributed by atoms with Gasteiger partial charge < -0.3 is 16.4 Å². The van der Waals surface area contributed by atoms with Gasteiger partial charge in [0.05, 0.1) is 0 Å². The Morgan fingerprint density at radius 3 is 1.96 bits per heavy atom. The van der Waals surface area contributed by atoms with Gasteiger partial charge in [-0.05, 0) is 31.5 Å². The molecule has 23 heavy (non-hydrogen) atoms. The number of nitrogens with two attached hydrogens (primary N) is 1. The van der Waals surface area contributed by atoms with Crippen LogP contribution in [-0.2, 0) is 11.3 Å². The SMILES string of the molecule is CC(C)(N)CNC(=O)c1ccc(CNC(=O)C(C)(C)C)cc1.Cl. The van der Waals surface area contributed by atoms with Crippen molar-refractivity contribution in [2.45, 2.75) is 46.7 Å². The molecule has 0 unspecified atom stereocenters. The van der Waals surface area contributed by atoms with E-state index in [-0.39, 0.29) is 24.2 Å². The third kappa shape index (κ3) is 8.00. The van der Waals surface area contributed by atoms with Crippen LogP contribution in [0.5, 0.6) is 0 Å². The average Bonchev–Trinajstić information content (AvgIpc) is 2.40. The maximum Gasteiger partial charge on any atom is 0.251 e. The maximum absolute atomic E-state index is 12.0. The Morgan fingerprint density at radius 1 is 1.00 bits per heavy atom. The summed E-state index contributed by atoms with van der Waals surface area (Å²) < 4.78 is 0. The van der Waals surface area contributed by atoms with Gasteiger partial charge in [-0.2, -0.15) is 0 Å². The fraction of sp³-hybridized carbons (Fsp3) is 0.529. The zero-order chi connectivity index (χ0) is 17.0. The normalized spacial score (nSPS) is 11.4. The molecule has 0 bridgehead atoms. The monoisotopic (exact) mass is 341 g/mol. The average molecular weight is 342 g/mol. The Kier molecular flexibility index (Phi) is 7.74. The van der Waals surface area contributed by atoms with E-state index < -0.39 is 11.0 Å². The van der Waals surface area contributed by atoms with Gasteiger partial charge in [0.15, 0.2) is 0 Å². The second-order valence-corrected chi connectivity index (χ2v) is 7.30. The second-order valence-electron chi connectivity index (χ2n) is 7.30. The number of nitrogens with one attached hydrogen (secondary N) is 2. The molecule has 0 aliphatic heterocycles. The van der Waals surface area contributed by atoms with Gasteiger partial charge in [-0.15, -0.1) is 12.4 Å². The fourth-order valence-electron chi connectivity index (χ4n) is 1.63. The van der Waals surface area contributed by atoms with Crippen molar-refractivity contribution in [1.29, 1.82) is 0 Å². The number of amides is 2. The molecule has 1 aromatic carbocycles. The summed E-state index contributed by atoms with van der Waals surface area (Å²) in [7, 11) is 0. The van der Waals surface area contributed by atoms with Crippen LogP contribution >= 0.6 is 12.4 Å². The van der Waals surface area contributed by atoms with Crippen molar-refractivity contribution in [3.8, 4) is 0 Å². The fourth-order valence-corrected chi connectivity index (χ4v) is 1.63. The van der Waals surface area contributed by atoms with E-state index in [1.807, 2.05) is 46.8 Å². The summed E-state index contributed by atoms with van der Waals surface area (Å²) >= 11 is 0. The first-order valence-electron chi connectivity index (χ1n) is 7.43. The third-order valence-corrected chi connectivity index (χ3v) is 3.05. The van der Waals surface area contributed by atoms with E-state index in [1.165, 1.54) is 0 Å². The highest BCUT2D eigenvalue weighted by Crippen LogP contribution is 2.13. The predicted molar refractivity (Wildman–Crippen MR) is 95.6 cm³/mol. The Balaban J connectivity index is 0.00000484. The summed E-state index contributed by atoms with van der Waals surface area (Å²) in [6.07, 6.45) is 0. The molecule has 1 rings (SSSR count). The number of hydrogen-bond donors (Lipinski definition) is 3. The smallest absolute Gasteiger partial charge is 0.251 e. The molecular formula is C17H28ClN3O2. The van der Waals surface area contributed by atoms with Crippen LogP contribution < -0.4 is 16.4 Å². The van der Waals surface area contributed by atoms with E-state index in [0.29, 0.717) is 18.7 Å². The molecule has 0 aliphatic rings.